The highest BCUT2D eigenvalue weighted by atomic mass is 32.2. The summed E-state index contributed by atoms with van der Waals surface area (Å²) in [5.41, 5.74) is -0.606. The van der Waals surface area contributed by atoms with Crippen LogP contribution in [-0.2, 0) is 14.3 Å². The summed E-state index contributed by atoms with van der Waals surface area (Å²) in [4.78, 5) is 34.1. The smallest absolute Gasteiger partial charge is 0.408 e. The van der Waals surface area contributed by atoms with Crippen LogP contribution >= 0.6 is 23.5 Å². The first-order valence-corrected chi connectivity index (χ1v) is 8.07. The van der Waals surface area contributed by atoms with Crippen molar-refractivity contribution in [3.05, 3.63) is 0 Å². The Morgan fingerprint density at radius 1 is 1.26 bits per heavy atom. The minimum Gasteiger partial charge on any atom is -0.444 e. The summed E-state index contributed by atoms with van der Waals surface area (Å²) < 4.78 is 5.11. The fraction of sp³-hybridized carbons (Fsp3) is 0.750. The topological polar surface area (TPSA) is 72.5 Å². The SMILES string of the molecule is CSC(=O)[C@H](CCSC(C)=O)NC(=O)OC(C)(C)C. The fourth-order valence-electron chi connectivity index (χ4n) is 1.16. The summed E-state index contributed by atoms with van der Waals surface area (Å²) >= 11 is 2.18. The lowest BCUT2D eigenvalue weighted by Crippen LogP contribution is -2.42. The van der Waals surface area contributed by atoms with Crippen molar-refractivity contribution in [1.29, 1.82) is 0 Å². The second-order valence-electron chi connectivity index (χ2n) is 4.85. The van der Waals surface area contributed by atoms with Gasteiger partial charge in [0.15, 0.2) is 5.12 Å². The van der Waals surface area contributed by atoms with Crippen molar-refractivity contribution in [3.63, 3.8) is 0 Å². The van der Waals surface area contributed by atoms with Crippen molar-refractivity contribution >= 4 is 39.8 Å². The Morgan fingerprint density at radius 3 is 2.26 bits per heavy atom. The van der Waals surface area contributed by atoms with E-state index >= 15 is 0 Å². The average Bonchev–Trinajstić information content (AvgIpc) is 2.23. The molecule has 0 heterocycles. The molecule has 1 atom stereocenters. The molecule has 0 saturated heterocycles. The molecule has 0 aliphatic carbocycles. The van der Waals surface area contributed by atoms with Gasteiger partial charge in [-0.3, -0.25) is 9.59 Å². The van der Waals surface area contributed by atoms with E-state index in [9.17, 15) is 14.4 Å². The highest BCUT2D eigenvalue weighted by molar-refractivity contribution is 8.13. The molecule has 7 heteroatoms. The molecule has 0 aromatic heterocycles. The number of hydrogen-bond acceptors (Lipinski definition) is 6. The third-order valence-corrected chi connectivity index (χ3v) is 3.42. The second kappa shape index (κ2) is 8.47. The lowest BCUT2D eigenvalue weighted by Gasteiger charge is -2.22. The first kappa shape index (κ1) is 18.3. The van der Waals surface area contributed by atoms with Crippen molar-refractivity contribution < 1.29 is 19.1 Å². The Bertz CT molecular complexity index is 339. The van der Waals surface area contributed by atoms with Crippen LogP contribution in [0.1, 0.15) is 34.1 Å². The van der Waals surface area contributed by atoms with Gasteiger partial charge in [-0.05, 0) is 33.4 Å². The summed E-state index contributed by atoms with van der Waals surface area (Å²) in [7, 11) is 0. The van der Waals surface area contributed by atoms with E-state index in [0.717, 1.165) is 23.5 Å². The Hall–Kier alpha value is -0.690. The van der Waals surface area contributed by atoms with E-state index in [0.29, 0.717) is 12.2 Å². The number of rotatable bonds is 5. The molecule has 1 amide bonds. The third-order valence-electron chi connectivity index (χ3n) is 1.89. The highest BCUT2D eigenvalue weighted by Gasteiger charge is 2.23. The molecule has 1 N–H and O–H groups in total. The van der Waals surface area contributed by atoms with Crippen LogP contribution in [0.5, 0.6) is 0 Å². The van der Waals surface area contributed by atoms with Gasteiger partial charge in [0.25, 0.3) is 0 Å². The number of ether oxygens (including phenoxy) is 1. The third kappa shape index (κ3) is 9.84. The average molecular weight is 307 g/mol. The molecule has 0 saturated carbocycles. The Labute approximate surface area is 122 Å². The van der Waals surface area contributed by atoms with Gasteiger partial charge in [0.1, 0.15) is 11.6 Å². The molecule has 0 spiro atoms. The largest absolute Gasteiger partial charge is 0.444 e. The molecule has 0 aliphatic heterocycles. The van der Waals surface area contributed by atoms with E-state index in [1.165, 1.54) is 6.92 Å². The maximum Gasteiger partial charge on any atom is 0.408 e. The zero-order valence-electron chi connectivity index (χ0n) is 11.9. The van der Waals surface area contributed by atoms with Gasteiger partial charge in [-0.2, -0.15) is 0 Å². The molecule has 0 bridgehead atoms. The first-order valence-electron chi connectivity index (χ1n) is 5.86. The lowest BCUT2D eigenvalue weighted by atomic mass is 10.2. The van der Waals surface area contributed by atoms with Gasteiger partial charge in [-0.1, -0.05) is 23.5 Å². The van der Waals surface area contributed by atoms with E-state index in [1.807, 2.05) is 0 Å². The number of carbonyl (C=O) groups excluding carboxylic acids is 3. The molecular formula is C12H21NO4S2. The van der Waals surface area contributed by atoms with Crippen molar-refractivity contribution in [1.82, 2.24) is 5.32 Å². The molecule has 110 valence electrons. The number of nitrogens with one attached hydrogen (secondary N) is 1. The van der Waals surface area contributed by atoms with Gasteiger partial charge in [-0.25, -0.2) is 4.79 Å². The van der Waals surface area contributed by atoms with Gasteiger partial charge >= 0.3 is 6.09 Å². The standard InChI is InChI=1S/C12H21NO4S2/c1-8(14)19-7-6-9(10(15)18-5)13-11(16)17-12(2,3)4/h9H,6-7H2,1-5H3,(H,13,16)/t9-/m0/s1. The van der Waals surface area contributed by atoms with Crippen LogP contribution in [0.4, 0.5) is 4.79 Å². The highest BCUT2D eigenvalue weighted by Crippen LogP contribution is 2.12. The Balaban J connectivity index is 4.39. The summed E-state index contributed by atoms with van der Waals surface area (Å²) in [5, 5.41) is 2.39. The number of amides is 1. The second-order valence-corrected chi connectivity index (χ2v) is 6.93. The quantitative estimate of drug-likeness (QED) is 0.841. The van der Waals surface area contributed by atoms with E-state index in [-0.39, 0.29) is 10.2 Å². The molecule has 0 unspecified atom stereocenters. The summed E-state index contributed by atoms with van der Waals surface area (Å²) in [6.07, 6.45) is 1.45. The zero-order chi connectivity index (χ0) is 15.1. The molecule has 0 rings (SSSR count). The maximum atomic E-state index is 11.7. The van der Waals surface area contributed by atoms with Crippen LogP contribution in [-0.4, -0.2) is 40.0 Å². The van der Waals surface area contributed by atoms with E-state index in [4.69, 9.17) is 4.74 Å². The van der Waals surface area contributed by atoms with Crippen molar-refractivity contribution in [2.45, 2.75) is 45.8 Å². The number of alkyl carbamates (subject to hydrolysis) is 1. The van der Waals surface area contributed by atoms with Crippen molar-refractivity contribution in [2.24, 2.45) is 0 Å². The van der Waals surface area contributed by atoms with Gasteiger partial charge in [0, 0.05) is 12.7 Å². The first-order chi connectivity index (χ1) is 8.65. The zero-order valence-corrected chi connectivity index (χ0v) is 13.6. The number of hydrogen-bond donors (Lipinski definition) is 1. The molecule has 19 heavy (non-hydrogen) atoms. The van der Waals surface area contributed by atoms with E-state index < -0.39 is 17.7 Å². The predicted molar refractivity (Wildman–Crippen MR) is 79.4 cm³/mol. The summed E-state index contributed by atoms with van der Waals surface area (Å²) in [6, 6.07) is -0.628. The van der Waals surface area contributed by atoms with Gasteiger partial charge in [0.2, 0.25) is 5.12 Å². The molecule has 5 nitrogen and oxygen atoms in total. The van der Waals surface area contributed by atoms with Crippen LogP contribution in [0.2, 0.25) is 0 Å². The van der Waals surface area contributed by atoms with Gasteiger partial charge in [-0.15, -0.1) is 0 Å². The molecule has 0 radical (unpaired) electrons. The number of carbonyl (C=O) groups is 3. The Kier molecular flexibility index (Phi) is 8.17. The summed E-state index contributed by atoms with van der Waals surface area (Å²) in [6.45, 7) is 6.73. The minimum atomic E-state index is -0.628. The van der Waals surface area contributed by atoms with Crippen LogP contribution in [0, 0.1) is 0 Å². The van der Waals surface area contributed by atoms with Crippen LogP contribution < -0.4 is 5.32 Å². The fourth-order valence-corrected chi connectivity index (χ4v) is 2.26. The molecule has 0 fully saturated rings. The minimum absolute atomic E-state index is 0.00683. The van der Waals surface area contributed by atoms with E-state index in [2.05, 4.69) is 5.32 Å². The van der Waals surface area contributed by atoms with Crippen molar-refractivity contribution in [2.75, 3.05) is 12.0 Å². The predicted octanol–water partition coefficient (Wildman–Crippen LogP) is 2.44. The van der Waals surface area contributed by atoms with Crippen molar-refractivity contribution in [3.8, 4) is 0 Å². The van der Waals surface area contributed by atoms with Crippen LogP contribution in [0.15, 0.2) is 0 Å². The van der Waals surface area contributed by atoms with Crippen LogP contribution in [0.3, 0.4) is 0 Å². The van der Waals surface area contributed by atoms with Gasteiger partial charge in [0.05, 0.1) is 0 Å². The summed E-state index contributed by atoms with van der Waals surface area (Å²) in [5.74, 6) is 0.488. The van der Waals surface area contributed by atoms with Crippen LogP contribution in [0.25, 0.3) is 0 Å². The molecular weight excluding hydrogens is 286 g/mol. The Morgan fingerprint density at radius 2 is 1.84 bits per heavy atom. The normalized spacial score (nSPS) is 12.7. The maximum absolute atomic E-state index is 11.7. The molecule has 0 aliphatic rings. The molecule has 0 aromatic rings. The molecule has 0 aromatic carbocycles. The van der Waals surface area contributed by atoms with Gasteiger partial charge < -0.3 is 10.1 Å². The van der Waals surface area contributed by atoms with E-state index in [1.54, 1.807) is 27.0 Å². The lowest BCUT2D eigenvalue weighted by molar-refractivity contribution is -0.113. The monoisotopic (exact) mass is 307 g/mol. The number of thioether (sulfide) groups is 2.